The van der Waals surface area contributed by atoms with Gasteiger partial charge in [-0.3, -0.25) is 0 Å². The van der Waals surface area contributed by atoms with Crippen LogP contribution in [0.2, 0.25) is 0 Å². The molecule has 0 saturated carbocycles. The third-order valence-electron chi connectivity index (χ3n) is 2.96. The third kappa shape index (κ3) is 4.71. The molecule has 0 aliphatic rings. The third-order valence-corrected chi connectivity index (χ3v) is 2.96. The SMILES string of the molecule is CN(CC(C)(C)C)c1ccc(CCN)c(C(F)(F)F)c1. The first-order valence-electron chi connectivity index (χ1n) is 6.66. The summed E-state index contributed by atoms with van der Waals surface area (Å²) in [6.45, 7) is 7.05. The Morgan fingerprint density at radius 2 is 1.75 bits per heavy atom. The Bertz CT molecular complexity index is 447. The van der Waals surface area contributed by atoms with Gasteiger partial charge in [-0.1, -0.05) is 26.8 Å². The van der Waals surface area contributed by atoms with Crippen molar-refractivity contribution in [2.24, 2.45) is 11.1 Å². The minimum atomic E-state index is -4.34. The summed E-state index contributed by atoms with van der Waals surface area (Å²) in [7, 11) is 1.81. The minimum absolute atomic E-state index is 0.0169. The highest BCUT2D eigenvalue weighted by molar-refractivity contribution is 5.51. The molecule has 0 aliphatic heterocycles. The summed E-state index contributed by atoms with van der Waals surface area (Å²) in [4.78, 5) is 1.85. The second-order valence-corrected chi connectivity index (χ2v) is 6.29. The Balaban J connectivity index is 3.12. The van der Waals surface area contributed by atoms with E-state index in [0.717, 1.165) is 0 Å². The predicted molar refractivity (Wildman–Crippen MR) is 76.9 cm³/mol. The van der Waals surface area contributed by atoms with Gasteiger partial charge in [0, 0.05) is 19.3 Å². The molecule has 20 heavy (non-hydrogen) atoms. The van der Waals surface area contributed by atoms with E-state index in [2.05, 4.69) is 20.8 Å². The summed E-state index contributed by atoms with van der Waals surface area (Å²) in [5.41, 5.74) is 5.64. The van der Waals surface area contributed by atoms with Crippen LogP contribution >= 0.6 is 0 Å². The number of nitrogens with two attached hydrogens (primary N) is 1. The Morgan fingerprint density at radius 3 is 2.20 bits per heavy atom. The molecule has 0 aromatic heterocycles. The summed E-state index contributed by atoms with van der Waals surface area (Å²) in [6, 6.07) is 4.48. The molecule has 0 radical (unpaired) electrons. The smallest absolute Gasteiger partial charge is 0.374 e. The zero-order valence-electron chi connectivity index (χ0n) is 12.5. The zero-order valence-corrected chi connectivity index (χ0v) is 12.5. The fourth-order valence-electron chi connectivity index (χ4n) is 2.24. The van der Waals surface area contributed by atoms with Gasteiger partial charge in [-0.05, 0) is 36.1 Å². The lowest BCUT2D eigenvalue weighted by Crippen LogP contribution is -2.29. The van der Waals surface area contributed by atoms with Gasteiger partial charge in [0.1, 0.15) is 0 Å². The summed E-state index contributed by atoms with van der Waals surface area (Å²) >= 11 is 0. The molecule has 5 heteroatoms. The first-order valence-corrected chi connectivity index (χ1v) is 6.66. The van der Waals surface area contributed by atoms with Crippen LogP contribution < -0.4 is 10.6 Å². The number of benzene rings is 1. The molecule has 1 aromatic carbocycles. The van der Waals surface area contributed by atoms with Gasteiger partial charge in [0.15, 0.2) is 0 Å². The highest BCUT2D eigenvalue weighted by Gasteiger charge is 2.33. The average molecular weight is 288 g/mol. The lowest BCUT2D eigenvalue weighted by Gasteiger charge is -2.29. The van der Waals surface area contributed by atoms with E-state index < -0.39 is 11.7 Å². The Labute approximate surface area is 118 Å². The van der Waals surface area contributed by atoms with Crippen molar-refractivity contribution in [2.45, 2.75) is 33.4 Å². The molecule has 2 nitrogen and oxygen atoms in total. The predicted octanol–water partition coefficient (Wildman–Crippen LogP) is 3.69. The molecule has 1 aromatic rings. The van der Waals surface area contributed by atoms with E-state index in [4.69, 9.17) is 5.73 Å². The molecular weight excluding hydrogens is 265 g/mol. The van der Waals surface area contributed by atoms with Crippen molar-refractivity contribution in [2.75, 3.05) is 25.0 Å². The van der Waals surface area contributed by atoms with Crippen LogP contribution in [0.4, 0.5) is 18.9 Å². The largest absolute Gasteiger partial charge is 0.416 e. The molecule has 2 N–H and O–H groups in total. The normalized spacial score (nSPS) is 12.6. The average Bonchev–Trinajstić information content (AvgIpc) is 2.26. The molecule has 0 heterocycles. The van der Waals surface area contributed by atoms with Gasteiger partial charge in [0.25, 0.3) is 0 Å². The van der Waals surface area contributed by atoms with E-state index in [1.165, 1.54) is 12.1 Å². The number of anilines is 1. The van der Waals surface area contributed by atoms with Crippen molar-refractivity contribution < 1.29 is 13.2 Å². The number of nitrogens with zero attached hydrogens (tertiary/aromatic N) is 1. The highest BCUT2D eigenvalue weighted by Crippen LogP contribution is 2.35. The molecule has 0 amide bonds. The van der Waals surface area contributed by atoms with Gasteiger partial charge in [-0.15, -0.1) is 0 Å². The molecule has 0 aliphatic carbocycles. The molecule has 1 rings (SSSR count). The number of alkyl halides is 3. The molecule has 0 unspecified atom stereocenters. The van der Waals surface area contributed by atoms with Gasteiger partial charge in [-0.25, -0.2) is 0 Å². The number of halogens is 3. The quantitative estimate of drug-likeness (QED) is 0.915. The maximum atomic E-state index is 13.1. The molecule has 114 valence electrons. The van der Waals surface area contributed by atoms with Gasteiger partial charge >= 0.3 is 6.18 Å². The van der Waals surface area contributed by atoms with Crippen LogP contribution in [0.15, 0.2) is 18.2 Å². The van der Waals surface area contributed by atoms with E-state index in [1.807, 2.05) is 11.9 Å². The molecule has 0 spiro atoms. The van der Waals surface area contributed by atoms with Crippen LogP contribution in [0.25, 0.3) is 0 Å². The van der Waals surface area contributed by atoms with E-state index >= 15 is 0 Å². The van der Waals surface area contributed by atoms with Crippen molar-refractivity contribution in [1.29, 1.82) is 0 Å². The van der Waals surface area contributed by atoms with Gasteiger partial charge < -0.3 is 10.6 Å². The van der Waals surface area contributed by atoms with Crippen LogP contribution in [0.3, 0.4) is 0 Å². The van der Waals surface area contributed by atoms with E-state index in [9.17, 15) is 13.2 Å². The fourth-order valence-corrected chi connectivity index (χ4v) is 2.24. The van der Waals surface area contributed by atoms with Crippen LogP contribution in [0.1, 0.15) is 31.9 Å². The van der Waals surface area contributed by atoms with Crippen molar-refractivity contribution in [3.63, 3.8) is 0 Å². The second-order valence-electron chi connectivity index (χ2n) is 6.29. The van der Waals surface area contributed by atoms with Crippen molar-refractivity contribution in [3.05, 3.63) is 29.3 Å². The van der Waals surface area contributed by atoms with Crippen molar-refractivity contribution in [3.8, 4) is 0 Å². The number of rotatable bonds is 4. The second kappa shape index (κ2) is 6.04. The zero-order chi connectivity index (χ0) is 15.6. The van der Waals surface area contributed by atoms with Gasteiger partial charge in [-0.2, -0.15) is 13.2 Å². The summed E-state index contributed by atoms with van der Waals surface area (Å²) in [5.74, 6) is 0. The number of hydrogen-bond donors (Lipinski definition) is 1. The Kier molecular flexibility index (Phi) is 5.08. The first-order chi connectivity index (χ1) is 9.04. The highest BCUT2D eigenvalue weighted by atomic mass is 19.4. The maximum Gasteiger partial charge on any atom is 0.416 e. The standard InChI is InChI=1S/C15H23F3N2/c1-14(2,3)10-20(4)12-6-5-11(7-8-19)13(9-12)15(16,17)18/h5-6,9H,7-8,10,19H2,1-4H3. The monoisotopic (exact) mass is 288 g/mol. The molecule has 0 fully saturated rings. The van der Waals surface area contributed by atoms with Crippen molar-refractivity contribution >= 4 is 5.69 Å². The van der Waals surface area contributed by atoms with Crippen LogP contribution in [-0.4, -0.2) is 20.1 Å². The summed E-state index contributed by atoms with van der Waals surface area (Å²) < 4.78 is 39.3. The molecule has 0 bridgehead atoms. The fraction of sp³-hybridized carbons (Fsp3) is 0.600. The topological polar surface area (TPSA) is 29.3 Å². The summed E-state index contributed by atoms with van der Waals surface area (Å²) in [6.07, 6.45) is -4.11. The lowest BCUT2D eigenvalue weighted by molar-refractivity contribution is -0.138. The lowest BCUT2D eigenvalue weighted by atomic mass is 9.95. The van der Waals surface area contributed by atoms with Gasteiger partial charge in [0.2, 0.25) is 0 Å². The van der Waals surface area contributed by atoms with Crippen molar-refractivity contribution in [1.82, 2.24) is 0 Å². The maximum absolute atomic E-state index is 13.1. The number of hydrogen-bond acceptors (Lipinski definition) is 2. The Morgan fingerprint density at radius 1 is 1.15 bits per heavy atom. The Hall–Kier alpha value is -1.23. The molecule has 0 saturated heterocycles. The van der Waals surface area contributed by atoms with Gasteiger partial charge in [0.05, 0.1) is 5.56 Å². The molecule has 0 atom stereocenters. The van der Waals surface area contributed by atoms with E-state index in [-0.39, 0.29) is 23.9 Å². The van der Waals surface area contributed by atoms with Crippen LogP contribution in [0, 0.1) is 5.41 Å². The first kappa shape index (κ1) is 16.8. The van der Waals surface area contributed by atoms with E-state index in [0.29, 0.717) is 12.2 Å². The summed E-state index contributed by atoms with van der Waals surface area (Å²) in [5, 5.41) is 0. The minimum Gasteiger partial charge on any atom is -0.374 e. The van der Waals surface area contributed by atoms with Crippen LogP contribution in [-0.2, 0) is 12.6 Å². The molecular formula is C15H23F3N2. The van der Waals surface area contributed by atoms with E-state index in [1.54, 1.807) is 6.07 Å². The van der Waals surface area contributed by atoms with Crippen LogP contribution in [0.5, 0.6) is 0 Å².